The maximum atomic E-state index is 12.5. The summed E-state index contributed by atoms with van der Waals surface area (Å²) in [6.07, 6.45) is 1.56. The van der Waals surface area contributed by atoms with Crippen molar-refractivity contribution in [1.29, 1.82) is 0 Å². The van der Waals surface area contributed by atoms with Crippen molar-refractivity contribution in [3.8, 4) is 5.75 Å². The van der Waals surface area contributed by atoms with Gasteiger partial charge in [-0.25, -0.2) is 13.1 Å². The van der Waals surface area contributed by atoms with Gasteiger partial charge in [0.2, 0.25) is 15.9 Å². The van der Waals surface area contributed by atoms with Crippen LogP contribution in [0.1, 0.15) is 12.0 Å². The molecule has 1 fully saturated rings. The van der Waals surface area contributed by atoms with Crippen LogP contribution in [0.5, 0.6) is 5.75 Å². The molecule has 1 heterocycles. The van der Waals surface area contributed by atoms with Crippen molar-refractivity contribution in [3.05, 3.63) is 65.1 Å². The zero-order valence-electron chi connectivity index (χ0n) is 17.8. The maximum Gasteiger partial charge on any atom is 0.293 e. The Balaban J connectivity index is 1.42. The highest BCUT2D eigenvalue weighted by molar-refractivity contribution is 8.18. The molecule has 0 spiro atoms. The van der Waals surface area contributed by atoms with E-state index in [0.717, 1.165) is 22.2 Å². The lowest BCUT2D eigenvalue weighted by molar-refractivity contribution is -0.124. The Morgan fingerprint density at radius 3 is 2.42 bits per heavy atom. The highest BCUT2D eigenvalue weighted by atomic mass is 32.2. The number of nitrogens with one attached hydrogen (secondary N) is 2. The van der Waals surface area contributed by atoms with Gasteiger partial charge in [-0.2, -0.15) is 0 Å². The number of carbonyl (C=O) groups excluding carboxylic acids is 3. The van der Waals surface area contributed by atoms with E-state index in [4.69, 9.17) is 4.74 Å². The molecule has 0 bridgehead atoms. The zero-order chi connectivity index (χ0) is 23.8. The molecule has 11 heteroatoms. The number of hydrogen-bond donors (Lipinski definition) is 2. The molecule has 1 aliphatic rings. The van der Waals surface area contributed by atoms with Gasteiger partial charge in [0.15, 0.2) is 0 Å². The highest BCUT2D eigenvalue weighted by Gasteiger charge is 2.34. The van der Waals surface area contributed by atoms with E-state index in [1.54, 1.807) is 6.08 Å². The van der Waals surface area contributed by atoms with Gasteiger partial charge >= 0.3 is 0 Å². The number of benzene rings is 2. The van der Waals surface area contributed by atoms with Crippen molar-refractivity contribution in [2.24, 2.45) is 0 Å². The second kappa shape index (κ2) is 11.1. The molecular formula is C22H23N3O6S2. The summed E-state index contributed by atoms with van der Waals surface area (Å²) in [7, 11) is -2.27. The smallest absolute Gasteiger partial charge is 0.293 e. The molecule has 2 aromatic carbocycles. The zero-order valence-corrected chi connectivity index (χ0v) is 19.4. The quantitative estimate of drug-likeness (QED) is 0.491. The Morgan fingerprint density at radius 1 is 1.06 bits per heavy atom. The van der Waals surface area contributed by atoms with E-state index in [0.29, 0.717) is 10.7 Å². The largest absolute Gasteiger partial charge is 0.497 e. The normalized spacial score (nSPS) is 15.2. The minimum Gasteiger partial charge on any atom is -0.497 e. The van der Waals surface area contributed by atoms with E-state index >= 15 is 0 Å². The number of amides is 3. The molecule has 3 amide bonds. The van der Waals surface area contributed by atoms with Gasteiger partial charge in [0.25, 0.3) is 11.1 Å². The number of thioether (sulfide) groups is 1. The monoisotopic (exact) mass is 489 g/mol. The molecule has 2 N–H and O–H groups in total. The SMILES string of the molecule is COc1ccc(S(=O)(=O)NCCC(=O)NCCN2C(=O)S/C(=C\c3ccccc3)C2=O)cc1. The van der Waals surface area contributed by atoms with Gasteiger partial charge in [0.05, 0.1) is 16.9 Å². The summed E-state index contributed by atoms with van der Waals surface area (Å²) in [4.78, 5) is 38.1. The molecule has 0 unspecified atom stereocenters. The molecule has 3 rings (SSSR count). The topological polar surface area (TPSA) is 122 Å². The Hall–Kier alpha value is -3.15. The minimum absolute atomic E-state index is 0.0279. The predicted octanol–water partition coefficient (Wildman–Crippen LogP) is 2.22. The third kappa shape index (κ3) is 6.67. The molecule has 0 aliphatic carbocycles. The molecule has 0 saturated carbocycles. The highest BCUT2D eigenvalue weighted by Crippen LogP contribution is 2.31. The van der Waals surface area contributed by atoms with Crippen LogP contribution < -0.4 is 14.8 Å². The molecule has 0 aromatic heterocycles. The number of sulfonamides is 1. The van der Waals surface area contributed by atoms with E-state index < -0.39 is 27.1 Å². The fraction of sp³-hybridized carbons (Fsp3) is 0.227. The van der Waals surface area contributed by atoms with Crippen LogP contribution >= 0.6 is 11.8 Å². The summed E-state index contributed by atoms with van der Waals surface area (Å²) in [5.41, 5.74) is 0.813. The van der Waals surface area contributed by atoms with Crippen LogP contribution in [-0.4, -0.2) is 57.1 Å². The summed E-state index contributed by atoms with van der Waals surface area (Å²) in [5.74, 6) is -0.279. The summed E-state index contributed by atoms with van der Waals surface area (Å²) < 4.78 is 31.9. The summed E-state index contributed by atoms with van der Waals surface area (Å²) in [5, 5.41) is 2.19. The van der Waals surface area contributed by atoms with Crippen LogP contribution in [0.25, 0.3) is 6.08 Å². The van der Waals surface area contributed by atoms with Crippen molar-refractivity contribution in [2.45, 2.75) is 11.3 Å². The molecular weight excluding hydrogens is 466 g/mol. The second-order valence-corrected chi connectivity index (χ2v) is 9.68. The van der Waals surface area contributed by atoms with Crippen molar-refractivity contribution < 1.29 is 27.5 Å². The van der Waals surface area contributed by atoms with Gasteiger partial charge in [-0.1, -0.05) is 30.3 Å². The Labute approximate surface area is 196 Å². The first-order valence-corrected chi connectivity index (χ1v) is 12.3. The number of rotatable bonds is 10. The van der Waals surface area contributed by atoms with E-state index in [-0.39, 0.29) is 31.0 Å². The third-order valence-electron chi connectivity index (χ3n) is 4.64. The van der Waals surface area contributed by atoms with Crippen LogP contribution in [0.4, 0.5) is 4.79 Å². The lowest BCUT2D eigenvalue weighted by Gasteiger charge is -2.13. The average Bonchev–Trinajstić information content (AvgIpc) is 3.07. The second-order valence-electron chi connectivity index (χ2n) is 6.92. The van der Waals surface area contributed by atoms with Gasteiger partial charge in [0, 0.05) is 26.1 Å². The van der Waals surface area contributed by atoms with Crippen LogP contribution in [0.15, 0.2) is 64.4 Å². The molecule has 2 aromatic rings. The summed E-state index contributed by atoms with van der Waals surface area (Å²) in [6, 6.07) is 15.1. The molecule has 9 nitrogen and oxygen atoms in total. The standard InChI is InChI=1S/C22H23N3O6S2/c1-31-17-7-9-18(10-8-17)33(29,30)24-12-11-20(26)23-13-14-25-21(27)19(32-22(25)28)15-16-5-3-2-4-6-16/h2-10,15,24H,11-14H2,1H3,(H,23,26)/b19-15-. The summed E-state index contributed by atoms with van der Waals surface area (Å²) >= 11 is 0.854. The summed E-state index contributed by atoms with van der Waals surface area (Å²) in [6.45, 7) is 0.00240. The molecule has 0 atom stereocenters. The first-order valence-electron chi connectivity index (χ1n) is 10.0. The van der Waals surface area contributed by atoms with E-state index in [9.17, 15) is 22.8 Å². The van der Waals surface area contributed by atoms with Gasteiger partial charge in [0.1, 0.15) is 5.75 Å². The van der Waals surface area contributed by atoms with Gasteiger partial charge in [-0.05, 0) is 47.7 Å². The Morgan fingerprint density at radius 2 is 1.76 bits per heavy atom. The lowest BCUT2D eigenvalue weighted by Crippen LogP contribution is -2.38. The fourth-order valence-corrected chi connectivity index (χ4v) is 4.82. The molecule has 0 radical (unpaired) electrons. The first kappa shape index (κ1) is 24.5. The molecule has 33 heavy (non-hydrogen) atoms. The van der Waals surface area contributed by atoms with Crippen LogP contribution in [0, 0.1) is 0 Å². The van der Waals surface area contributed by atoms with Gasteiger partial charge in [-0.15, -0.1) is 0 Å². The van der Waals surface area contributed by atoms with Gasteiger partial charge < -0.3 is 10.1 Å². The number of nitrogens with zero attached hydrogens (tertiary/aromatic N) is 1. The van der Waals surface area contributed by atoms with E-state index in [1.165, 1.54) is 31.4 Å². The number of methoxy groups -OCH3 is 1. The Bertz CT molecular complexity index is 1150. The van der Waals surface area contributed by atoms with Crippen molar-refractivity contribution in [3.63, 3.8) is 0 Å². The molecule has 174 valence electrons. The van der Waals surface area contributed by atoms with Crippen molar-refractivity contribution >= 4 is 44.9 Å². The number of hydrogen-bond acceptors (Lipinski definition) is 7. The first-order chi connectivity index (χ1) is 15.8. The Kier molecular flexibility index (Phi) is 8.26. The van der Waals surface area contributed by atoms with Crippen LogP contribution in [0.2, 0.25) is 0 Å². The fourth-order valence-electron chi connectivity index (χ4n) is 2.93. The maximum absolute atomic E-state index is 12.5. The number of ether oxygens (including phenoxy) is 1. The lowest BCUT2D eigenvalue weighted by atomic mass is 10.2. The third-order valence-corrected chi connectivity index (χ3v) is 7.03. The predicted molar refractivity (Wildman–Crippen MR) is 125 cm³/mol. The minimum atomic E-state index is -3.75. The van der Waals surface area contributed by atoms with E-state index in [1.807, 2.05) is 30.3 Å². The van der Waals surface area contributed by atoms with Crippen LogP contribution in [0.3, 0.4) is 0 Å². The molecule has 1 aliphatic heterocycles. The van der Waals surface area contributed by atoms with Crippen molar-refractivity contribution in [2.75, 3.05) is 26.7 Å². The number of carbonyl (C=O) groups is 3. The van der Waals surface area contributed by atoms with Crippen LogP contribution in [-0.2, 0) is 19.6 Å². The van der Waals surface area contributed by atoms with Crippen molar-refractivity contribution in [1.82, 2.24) is 14.9 Å². The van der Waals surface area contributed by atoms with Gasteiger partial charge in [-0.3, -0.25) is 19.3 Å². The number of imide groups is 1. The average molecular weight is 490 g/mol. The van der Waals surface area contributed by atoms with E-state index in [2.05, 4.69) is 10.0 Å². The molecule has 1 saturated heterocycles.